The topological polar surface area (TPSA) is 73.3 Å². The summed E-state index contributed by atoms with van der Waals surface area (Å²) in [7, 11) is 0. The van der Waals surface area contributed by atoms with Crippen molar-refractivity contribution in [1.82, 2.24) is 0 Å². The Morgan fingerprint density at radius 2 is 1.68 bits per heavy atom. The smallest absolute Gasteiger partial charge is 0.203 e. The van der Waals surface area contributed by atoms with Gasteiger partial charge in [-0.3, -0.25) is 9.59 Å². The molecule has 3 aromatic rings. The molecule has 2 aromatic carbocycles. The first-order valence-electron chi connectivity index (χ1n) is 8.20. The quantitative estimate of drug-likeness (QED) is 0.555. The molecule has 2 N–H and O–H groups in total. The Labute approximate surface area is 146 Å². The molecular weight excluding hydrogens is 314 g/mol. The van der Waals surface area contributed by atoms with E-state index >= 15 is 0 Å². The Kier molecular flexibility index (Phi) is 4.21. The fourth-order valence-electron chi connectivity index (χ4n) is 2.64. The highest BCUT2D eigenvalue weighted by molar-refractivity contribution is 6.01. The summed E-state index contributed by atoms with van der Waals surface area (Å²) in [5.74, 6) is 0.335. The van der Waals surface area contributed by atoms with E-state index in [0.29, 0.717) is 22.6 Å². The number of anilines is 1. The lowest BCUT2D eigenvalue weighted by Crippen LogP contribution is -2.19. The van der Waals surface area contributed by atoms with Gasteiger partial charge in [0.05, 0.1) is 0 Å². The maximum Gasteiger partial charge on any atom is 0.203 e. The fourth-order valence-corrected chi connectivity index (χ4v) is 2.64. The van der Waals surface area contributed by atoms with Crippen LogP contribution in [0.15, 0.2) is 52.9 Å². The second kappa shape index (κ2) is 6.20. The van der Waals surface area contributed by atoms with E-state index in [4.69, 9.17) is 10.2 Å². The average Bonchev–Trinajstić information content (AvgIpc) is 2.96. The van der Waals surface area contributed by atoms with Crippen molar-refractivity contribution in [3.05, 3.63) is 65.4 Å². The number of benzene rings is 2. The Morgan fingerprint density at radius 3 is 2.32 bits per heavy atom. The van der Waals surface area contributed by atoms with Gasteiger partial charge in [0, 0.05) is 28.5 Å². The molecule has 0 unspecified atom stereocenters. The third kappa shape index (κ3) is 3.63. The second-order valence-corrected chi connectivity index (χ2v) is 7.28. The molecule has 0 bridgehead atoms. The van der Waals surface area contributed by atoms with Gasteiger partial charge in [-0.2, -0.15) is 0 Å². The minimum Gasteiger partial charge on any atom is -0.453 e. The van der Waals surface area contributed by atoms with Crippen molar-refractivity contribution in [2.24, 2.45) is 5.41 Å². The van der Waals surface area contributed by atoms with Crippen molar-refractivity contribution >= 4 is 28.2 Å². The van der Waals surface area contributed by atoms with Gasteiger partial charge in [-0.05, 0) is 48.0 Å². The van der Waals surface area contributed by atoms with E-state index in [1.165, 1.54) is 0 Å². The third-order valence-corrected chi connectivity index (χ3v) is 4.08. The van der Waals surface area contributed by atoms with Crippen molar-refractivity contribution in [2.75, 3.05) is 5.73 Å². The number of ketones is 2. The van der Waals surface area contributed by atoms with E-state index in [0.717, 1.165) is 10.9 Å². The maximum absolute atomic E-state index is 12.4. The Hall–Kier alpha value is -2.88. The minimum absolute atomic E-state index is 0.0221. The molecule has 0 aliphatic rings. The molecule has 25 heavy (non-hydrogen) atoms. The Bertz CT molecular complexity index is 943. The number of nitrogens with two attached hydrogens (primary N) is 1. The second-order valence-electron chi connectivity index (χ2n) is 7.28. The molecule has 0 fully saturated rings. The molecule has 4 heteroatoms. The molecule has 3 rings (SSSR count). The van der Waals surface area contributed by atoms with Crippen LogP contribution in [-0.2, 0) is 6.42 Å². The number of rotatable bonds is 4. The van der Waals surface area contributed by atoms with Gasteiger partial charge in [0.1, 0.15) is 5.58 Å². The van der Waals surface area contributed by atoms with Gasteiger partial charge < -0.3 is 10.2 Å². The van der Waals surface area contributed by atoms with Gasteiger partial charge in [-0.15, -0.1) is 0 Å². The van der Waals surface area contributed by atoms with Gasteiger partial charge in [-0.1, -0.05) is 26.8 Å². The number of hydrogen-bond acceptors (Lipinski definition) is 4. The molecule has 0 spiro atoms. The first kappa shape index (κ1) is 17.0. The number of fused-ring (bicyclic) bond motifs is 1. The summed E-state index contributed by atoms with van der Waals surface area (Å²) in [6.45, 7) is 5.58. The maximum atomic E-state index is 12.4. The molecule has 1 heterocycles. The predicted octanol–water partition coefficient (Wildman–Crippen LogP) is 4.67. The zero-order chi connectivity index (χ0) is 18.2. The van der Waals surface area contributed by atoms with E-state index in [9.17, 15) is 9.59 Å². The highest BCUT2D eigenvalue weighted by Crippen LogP contribution is 2.27. The van der Waals surface area contributed by atoms with Crippen molar-refractivity contribution < 1.29 is 14.0 Å². The Morgan fingerprint density at radius 1 is 1.00 bits per heavy atom. The van der Waals surface area contributed by atoms with E-state index in [2.05, 4.69) is 0 Å². The lowest BCUT2D eigenvalue weighted by Gasteiger charge is -2.13. The van der Waals surface area contributed by atoms with Crippen LogP contribution in [-0.4, -0.2) is 11.6 Å². The van der Waals surface area contributed by atoms with Crippen molar-refractivity contribution in [1.29, 1.82) is 0 Å². The summed E-state index contributed by atoms with van der Waals surface area (Å²) in [5, 5.41) is 0.829. The van der Waals surface area contributed by atoms with E-state index in [1.807, 2.05) is 32.9 Å². The lowest BCUT2D eigenvalue weighted by molar-refractivity contribution is 0.0830. The van der Waals surface area contributed by atoms with Gasteiger partial charge in [0.15, 0.2) is 11.5 Å². The first-order chi connectivity index (χ1) is 11.7. The molecule has 0 aliphatic carbocycles. The SMILES string of the molecule is CC(C)(C)C(=O)c1cc2cc(CC(=O)c3ccc(N)cc3)ccc2o1. The summed E-state index contributed by atoms with van der Waals surface area (Å²) in [6.07, 6.45) is 0.285. The highest BCUT2D eigenvalue weighted by Gasteiger charge is 2.26. The minimum atomic E-state index is -0.498. The largest absolute Gasteiger partial charge is 0.453 e. The average molecular weight is 335 g/mol. The normalized spacial score (nSPS) is 11.6. The summed E-state index contributed by atoms with van der Waals surface area (Å²) in [5.41, 5.74) is 7.94. The summed E-state index contributed by atoms with van der Waals surface area (Å²) >= 11 is 0. The zero-order valence-electron chi connectivity index (χ0n) is 14.6. The van der Waals surface area contributed by atoms with E-state index in [-0.39, 0.29) is 18.0 Å². The molecule has 0 saturated heterocycles. The number of carbonyl (C=O) groups is 2. The van der Waals surface area contributed by atoms with Gasteiger partial charge >= 0.3 is 0 Å². The Balaban J connectivity index is 1.85. The van der Waals surface area contributed by atoms with Crippen molar-refractivity contribution in [3.63, 3.8) is 0 Å². The van der Waals surface area contributed by atoms with Crippen LogP contribution in [0.3, 0.4) is 0 Å². The first-order valence-corrected chi connectivity index (χ1v) is 8.20. The van der Waals surface area contributed by atoms with E-state index in [1.54, 1.807) is 36.4 Å². The number of nitrogen functional groups attached to an aromatic ring is 1. The monoisotopic (exact) mass is 335 g/mol. The van der Waals surface area contributed by atoms with Crippen LogP contribution in [0.1, 0.15) is 47.2 Å². The van der Waals surface area contributed by atoms with E-state index < -0.39 is 5.41 Å². The molecule has 0 atom stereocenters. The molecule has 0 radical (unpaired) electrons. The molecule has 0 amide bonds. The van der Waals surface area contributed by atoms with Crippen LogP contribution < -0.4 is 5.73 Å². The summed E-state index contributed by atoms with van der Waals surface area (Å²) in [6, 6.07) is 14.2. The predicted molar refractivity (Wildman–Crippen MR) is 98.9 cm³/mol. The van der Waals surface area contributed by atoms with Crippen molar-refractivity contribution in [2.45, 2.75) is 27.2 Å². The lowest BCUT2D eigenvalue weighted by atomic mass is 9.89. The fraction of sp³-hybridized carbons (Fsp3) is 0.238. The molecular formula is C21H21NO3. The third-order valence-electron chi connectivity index (χ3n) is 4.08. The van der Waals surface area contributed by atoms with Crippen LogP contribution in [0.2, 0.25) is 0 Å². The number of carbonyl (C=O) groups excluding carboxylic acids is 2. The van der Waals surface area contributed by atoms with Crippen molar-refractivity contribution in [3.8, 4) is 0 Å². The van der Waals surface area contributed by atoms with Crippen LogP contribution >= 0.6 is 0 Å². The summed E-state index contributed by atoms with van der Waals surface area (Å²) < 4.78 is 5.67. The van der Waals surface area contributed by atoms with Gasteiger partial charge in [0.25, 0.3) is 0 Å². The van der Waals surface area contributed by atoms with Crippen LogP contribution in [0.4, 0.5) is 5.69 Å². The number of Topliss-reactive ketones (excluding diaryl/α,β-unsaturated/α-hetero) is 2. The van der Waals surface area contributed by atoms with Crippen LogP contribution in [0.25, 0.3) is 11.0 Å². The number of hydrogen-bond donors (Lipinski definition) is 1. The van der Waals surface area contributed by atoms with Crippen LogP contribution in [0, 0.1) is 5.41 Å². The van der Waals surface area contributed by atoms with Crippen LogP contribution in [0.5, 0.6) is 0 Å². The zero-order valence-corrected chi connectivity index (χ0v) is 14.6. The van der Waals surface area contributed by atoms with Gasteiger partial charge in [-0.25, -0.2) is 0 Å². The number of furan rings is 1. The molecule has 4 nitrogen and oxygen atoms in total. The van der Waals surface area contributed by atoms with Gasteiger partial charge in [0.2, 0.25) is 5.78 Å². The molecule has 128 valence electrons. The standard InChI is InChI=1S/C21H21NO3/c1-21(2,3)20(24)19-12-15-10-13(4-9-18(15)25-19)11-17(23)14-5-7-16(22)8-6-14/h4-10,12H,11,22H2,1-3H3. The molecule has 0 saturated carbocycles. The summed E-state index contributed by atoms with van der Waals surface area (Å²) in [4.78, 5) is 24.7. The molecule has 0 aliphatic heterocycles. The molecule has 1 aromatic heterocycles. The highest BCUT2D eigenvalue weighted by atomic mass is 16.3.